The number of esters is 1. The normalized spacial score (nSPS) is 13.1. The predicted molar refractivity (Wildman–Crippen MR) is 90.7 cm³/mol. The minimum atomic E-state index is -2.58. The maximum absolute atomic E-state index is 12.7. The molecule has 0 spiro atoms. The summed E-state index contributed by atoms with van der Waals surface area (Å²) in [4.78, 5) is 12.1. The van der Waals surface area contributed by atoms with Gasteiger partial charge in [-0.15, -0.1) is 11.8 Å². The molecule has 0 bridgehead atoms. The Morgan fingerprint density at radius 1 is 1.09 bits per heavy atom. The minimum Gasteiger partial charge on any atom is -0.465 e. The summed E-state index contributed by atoms with van der Waals surface area (Å²) in [5.74, 6) is -1.96. The van der Waals surface area contributed by atoms with Crippen molar-refractivity contribution in [2.24, 2.45) is 0 Å². The second-order valence-corrected chi connectivity index (χ2v) is 7.21. The van der Waals surface area contributed by atoms with E-state index in [1.807, 2.05) is 0 Å². The minimum absolute atomic E-state index is 0.0744. The molecule has 0 amide bonds. The standard InChI is InChI=1S/C17H32F2O2S/c1-4-6-8-11-15(16(20)21-13-7-5-2)22-14-10-9-12-17(3,18)19/h15H,4-14H2,1-3H3. The van der Waals surface area contributed by atoms with Gasteiger partial charge in [0.1, 0.15) is 5.25 Å². The molecule has 1 unspecified atom stereocenters. The summed E-state index contributed by atoms with van der Waals surface area (Å²) < 4.78 is 30.8. The molecule has 0 aromatic heterocycles. The molecule has 0 aromatic rings. The number of unbranched alkanes of at least 4 members (excludes halogenated alkanes) is 4. The lowest BCUT2D eigenvalue weighted by molar-refractivity contribution is -0.143. The number of carbonyl (C=O) groups excluding carboxylic acids is 1. The summed E-state index contributed by atoms with van der Waals surface area (Å²) in [5.41, 5.74) is 0. The molecule has 0 aromatic carbocycles. The molecule has 0 aliphatic rings. The van der Waals surface area contributed by atoms with E-state index in [9.17, 15) is 13.6 Å². The van der Waals surface area contributed by atoms with Crippen molar-refractivity contribution in [1.82, 2.24) is 0 Å². The van der Waals surface area contributed by atoms with E-state index >= 15 is 0 Å². The Labute approximate surface area is 138 Å². The molecule has 0 heterocycles. The highest BCUT2D eigenvalue weighted by molar-refractivity contribution is 8.00. The van der Waals surface area contributed by atoms with E-state index in [1.54, 1.807) is 11.8 Å². The Morgan fingerprint density at radius 3 is 2.36 bits per heavy atom. The Bertz CT molecular complexity index is 280. The Hall–Kier alpha value is -0.320. The highest BCUT2D eigenvalue weighted by Gasteiger charge is 2.22. The average Bonchev–Trinajstić information content (AvgIpc) is 2.44. The molecule has 22 heavy (non-hydrogen) atoms. The van der Waals surface area contributed by atoms with E-state index < -0.39 is 5.92 Å². The van der Waals surface area contributed by atoms with Crippen molar-refractivity contribution < 1.29 is 18.3 Å². The van der Waals surface area contributed by atoms with Crippen LogP contribution in [0.3, 0.4) is 0 Å². The fourth-order valence-electron chi connectivity index (χ4n) is 2.02. The van der Waals surface area contributed by atoms with Crippen LogP contribution in [0.25, 0.3) is 0 Å². The van der Waals surface area contributed by atoms with Gasteiger partial charge in [-0.2, -0.15) is 0 Å². The first-order chi connectivity index (χ1) is 10.4. The van der Waals surface area contributed by atoms with E-state index in [2.05, 4.69) is 13.8 Å². The van der Waals surface area contributed by atoms with Crippen molar-refractivity contribution in [2.75, 3.05) is 12.4 Å². The van der Waals surface area contributed by atoms with Gasteiger partial charge in [-0.05, 0) is 38.4 Å². The van der Waals surface area contributed by atoms with E-state index in [0.717, 1.165) is 57.6 Å². The lowest BCUT2D eigenvalue weighted by atomic mass is 10.1. The first-order valence-corrected chi connectivity index (χ1v) is 9.61. The molecule has 1 atom stereocenters. The second kappa shape index (κ2) is 13.1. The fourth-order valence-corrected chi connectivity index (χ4v) is 3.21. The molecule has 0 saturated heterocycles. The summed E-state index contributed by atoms with van der Waals surface area (Å²) >= 11 is 1.57. The third kappa shape index (κ3) is 13.4. The zero-order chi connectivity index (χ0) is 16.8. The van der Waals surface area contributed by atoms with Crippen LogP contribution in [-0.2, 0) is 9.53 Å². The van der Waals surface area contributed by atoms with Gasteiger partial charge in [-0.3, -0.25) is 4.79 Å². The van der Waals surface area contributed by atoms with Crippen LogP contribution in [0.2, 0.25) is 0 Å². The predicted octanol–water partition coefficient (Wildman–Crippen LogP) is 5.84. The van der Waals surface area contributed by atoms with Gasteiger partial charge in [-0.25, -0.2) is 8.78 Å². The van der Waals surface area contributed by atoms with Crippen LogP contribution in [0, 0.1) is 0 Å². The summed E-state index contributed by atoms with van der Waals surface area (Å²) in [5, 5.41) is -0.134. The van der Waals surface area contributed by atoms with Crippen LogP contribution < -0.4 is 0 Å². The van der Waals surface area contributed by atoms with Gasteiger partial charge in [0.15, 0.2) is 0 Å². The van der Waals surface area contributed by atoms with Crippen molar-refractivity contribution >= 4 is 17.7 Å². The quantitative estimate of drug-likeness (QED) is 0.294. The van der Waals surface area contributed by atoms with Crippen LogP contribution in [0.1, 0.15) is 78.6 Å². The van der Waals surface area contributed by atoms with Gasteiger partial charge in [0, 0.05) is 6.42 Å². The van der Waals surface area contributed by atoms with Gasteiger partial charge >= 0.3 is 5.97 Å². The van der Waals surface area contributed by atoms with E-state index in [-0.39, 0.29) is 17.6 Å². The number of hydrogen-bond acceptors (Lipinski definition) is 3. The van der Waals surface area contributed by atoms with E-state index in [4.69, 9.17) is 4.74 Å². The number of thioether (sulfide) groups is 1. The van der Waals surface area contributed by atoms with Crippen molar-refractivity contribution in [3.63, 3.8) is 0 Å². The van der Waals surface area contributed by atoms with Crippen molar-refractivity contribution in [1.29, 1.82) is 0 Å². The molecule has 0 aliphatic carbocycles. The van der Waals surface area contributed by atoms with Gasteiger partial charge in [-0.1, -0.05) is 39.5 Å². The van der Waals surface area contributed by atoms with Crippen LogP contribution in [0.15, 0.2) is 0 Å². The highest BCUT2D eigenvalue weighted by atomic mass is 32.2. The average molecular weight is 339 g/mol. The second-order valence-electron chi connectivity index (χ2n) is 5.90. The molecule has 2 nitrogen and oxygen atoms in total. The third-order valence-corrected chi connectivity index (χ3v) is 4.76. The van der Waals surface area contributed by atoms with Crippen molar-refractivity contribution in [3.05, 3.63) is 0 Å². The topological polar surface area (TPSA) is 26.3 Å². The Balaban J connectivity index is 4.03. The molecular formula is C17H32F2O2S. The molecule has 132 valence electrons. The van der Waals surface area contributed by atoms with Crippen molar-refractivity contribution in [3.8, 4) is 0 Å². The number of alkyl halides is 2. The molecule has 0 radical (unpaired) electrons. The molecule has 5 heteroatoms. The fraction of sp³-hybridized carbons (Fsp3) is 0.941. The molecule has 0 rings (SSSR count). The lowest BCUT2D eigenvalue weighted by Gasteiger charge is -2.16. The van der Waals surface area contributed by atoms with Crippen LogP contribution in [0.5, 0.6) is 0 Å². The largest absolute Gasteiger partial charge is 0.465 e. The lowest BCUT2D eigenvalue weighted by Crippen LogP contribution is -2.21. The molecule has 0 aliphatic heterocycles. The first-order valence-electron chi connectivity index (χ1n) is 8.56. The van der Waals surface area contributed by atoms with Crippen molar-refractivity contribution in [2.45, 2.75) is 89.7 Å². The summed E-state index contributed by atoms with van der Waals surface area (Å²) in [6, 6.07) is 0. The van der Waals surface area contributed by atoms with Crippen LogP contribution in [0.4, 0.5) is 8.78 Å². The maximum atomic E-state index is 12.7. The molecule has 0 saturated carbocycles. The van der Waals surface area contributed by atoms with Crippen LogP contribution >= 0.6 is 11.8 Å². The first kappa shape index (κ1) is 21.7. The molecular weight excluding hydrogens is 306 g/mol. The summed E-state index contributed by atoms with van der Waals surface area (Å²) in [6.45, 7) is 5.64. The van der Waals surface area contributed by atoms with Gasteiger partial charge < -0.3 is 4.74 Å². The Kier molecular flexibility index (Phi) is 13.0. The van der Waals surface area contributed by atoms with Gasteiger partial charge in [0.2, 0.25) is 5.92 Å². The van der Waals surface area contributed by atoms with Gasteiger partial charge in [0.25, 0.3) is 0 Å². The van der Waals surface area contributed by atoms with Crippen LogP contribution in [-0.4, -0.2) is 29.5 Å². The monoisotopic (exact) mass is 338 g/mol. The third-order valence-electron chi connectivity index (χ3n) is 3.40. The summed E-state index contributed by atoms with van der Waals surface area (Å²) in [7, 11) is 0. The van der Waals surface area contributed by atoms with E-state index in [1.165, 1.54) is 0 Å². The zero-order valence-electron chi connectivity index (χ0n) is 14.3. The smallest absolute Gasteiger partial charge is 0.319 e. The highest BCUT2D eigenvalue weighted by Crippen LogP contribution is 2.24. The molecule has 0 fully saturated rings. The molecule has 0 N–H and O–H groups in total. The number of rotatable bonds is 14. The van der Waals surface area contributed by atoms with Gasteiger partial charge in [0.05, 0.1) is 6.61 Å². The number of ether oxygens (including phenoxy) is 1. The number of hydrogen-bond donors (Lipinski definition) is 0. The zero-order valence-corrected chi connectivity index (χ0v) is 15.2. The van der Waals surface area contributed by atoms with E-state index in [0.29, 0.717) is 13.0 Å². The number of carbonyl (C=O) groups is 1. The summed E-state index contributed by atoms with van der Waals surface area (Å²) in [6.07, 6.45) is 7.13. The maximum Gasteiger partial charge on any atom is 0.319 e. The Morgan fingerprint density at radius 2 is 1.77 bits per heavy atom. The SMILES string of the molecule is CCCCCC(SCCCCC(C)(F)F)C(=O)OCCCC. The number of halogens is 2.